The molecule has 2 aromatic heterocycles. The summed E-state index contributed by atoms with van der Waals surface area (Å²) in [6.45, 7) is 2.79. The van der Waals surface area contributed by atoms with Gasteiger partial charge in [-0.15, -0.1) is 0 Å². The molecule has 0 bridgehead atoms. The Hall–Kier alpha value is -2.61. The first-order valence-corrected chi connectivity index (χ1v) is 9.83. The number of aromatic nitrogens is 3. The molecule has 0 aliphatic carbocycles. The standard InChI is InChI=1S/C17H18N4O3S/c1-11-13(19-10-18-11)9-20-8-7-15-16(17(20)22)12-5-3-4-6-14(12)21(15)25(2,23)24/h3-6,10H,7-9H2,1-2H3,(H,18,19). The Morgan fingerprint density at radius 1 is 1.28 bits per heavy atom. The van der Waals surface area contributed by atoms with Gasteiger partial charge in [-0.2, -0.15) is 0 Å². The molecule has 0 fully saturated rings. The number of aromatic amines is 1. The summed E-state index contributed by atoms with van der Waals surface area (Å²) in [6.07, 6.45) is 3.27. The molecule has 0 unspecified atom stereocenters. The lowest BCUT2D eigenvalue weighted by atomic mass is 10.0. The average molecular weight is 358 g/mol. The molecule has 1 aliphatic heterocycles. The fraction of sp³-hybridized carbons (Fsp3) is 0.294. The largest absolute Gasteiger partial charge is 0.348 e. The minimum absolute atomic E-state index is 0.151. The third-order valence-electron chi connectivity index (χ3n) is 4.65. The van der Waals surface area contributed by atoms with E-state index in [1.165, 1.54) is 10.2 Å². The molecule has 8 heteroatoms. The Kier molecular flexibility index (Phi) is 3.47. The van der Waals surface area contributed by atoms with Crippen LogP contribution in [0.25, 0.3) is 10.9 Å². The van der Waals surface area contributed by atoms with Crippen molar-refractivity contribution in [1.29, 1.82) is 0 Å². The summed E-state index contributed by atoms with van der Waals surface area (Å²) in [6, 6.07) is 7.14. The SMILES string of the molecule is Cc1[nH]cnc1CN1CCc2c(c3ccccc3n2S(C)(=O)=O)C1=O. The van der Waals surface area contributed by atoms with Crippen LogP contribution in [0.4, 0.5) is 0 Å². The summed E-state index contributed by atoms with van der Waals surface area (Å²) in [5.41, 5.74) is 3.37. The van der Waals surface area contributed by atoms with Crippen molar-refractivity contribution in [2.24, 2.45) is 0 Å². The van der Waals surface area contributed by atoms with Crippen molar-refractivity contribution in [3.8, 4) is 0 Å². The number of nitrogens with zero attached hydrogens (tertiary/aromatic N) is 3. The first kappa shape index (κ1) is 15.9. The lowest BCUT2D eigenvalue weighted by Crippen LogP contribution is -2.38. The van der Waals surface area contributed by atoms with Gasteiger partial charge in [0.05, 0.1) is 35.9 Å². The molecule has 1 N–H and O–H groups in total. The van der Waals surface area contributed by atoms with Crippen molar-refractivity contribution in [3.05, 3.63) is 53.2 Å². The minimum atomic E-state index is -3.50. The quantitative estimate of drug-likeness (QED) is 0.771. The van der Waals surface area contributed by atoms with E-state index in [-0.39, 0.29) is 5.91 Å². The maximum absolute atomic E-state index is 13.1. The highest BCUT2D eigenvalue weighted by Crippen LogP contribution is 2.32. The zero-order valence-electron chi connectivity index (χ0n) is 14.0. The second-order valence-electron chi connectivity index (χ2n) is 6.32. The summed E-state index contributed by atoms with van der Waals surface area (Å²) >= 11 is 0. The smallest absolute Gasteiger partial charge is 0.256 e. The molecular formula is C17H18N4O3S. The molecule has 0 spiro atoms. The molecule has 0 radical (unpaired) electrons. The molecule has 7 nitrogen and oxygen atoms in total. The Balaban J connectivity index is 1.86. The second-order valence-corrected chi connectivity index (χ2v) is 8.15. The van der Waals surface area contributed by atoms with Gasteiger partial charge < -0.3 is 9.88 Å². The highest BCUT2D eigenvalue weighted by molar-refractivity contribution is 7.89. The highest BCUT2D eigenvalue weighted by atomic mass is 32.2. The van der Waals surface area contributed by atoms with Gasteiger partial charge in [0.15, 0.2) is 0 Å². The van der Waals surface area contributed by atoms with Crippen molar-refractivity contribution in [3.63, 3.8) is 0 Å². The molecule has 0 atom stereocenters. The number of benzene rings is 1. The third kappa shape index (κ3) is 2.44. The summed E-state index contributed by atoms with van der Waals surface area (Å²) in [5.74, 6) is -0.151. The Bertz CT molecular complexity index is 1090. The molecule has 0 saturated heterocycles. The zero-order chi connectivity index (χ0) is 17.8. The monoisotopic (exact) mass is 358 g/mol. The second kappa shape index (κ2) is 5.45. The van der Waals surface area contributed by atoms with Crippen LogP contribution in [0.15, 0.2) is 30.6 Å². The van der Waals surface area contributed by atoms with Gasteiger partial charge in [0.1, 0.15) is 0 Å². The molecule has 1 aliphatic rings. The van der Waals surface area contributed by atoms with E-state index < -0.39 is 10.0 Å². The van der Waals surface area contributed by atoms with E-state index in [2.05, 4.69) is 9.97 Å². The number of carbonyl (C=O) groups is 1. The van der Waals surface area contributed by atoms with E-state index in [1.807, 2.05) is 13.0 Å². The number of amides is 1. The van der Waals surface area contributed by atoms with Crippen LogP contribution in [0.1, 0.15) is 27.4 Å². The van der Waals surface area contributed by atoms with Crippen LogP contribution in [0, 0.1) is 6.92 Å². The van der Waals surface area contributed by atoms with Gasteiger partial charge in [0.2, 0.25) is 10.0 Å². The number of imidazole rings is 1. The van der Waals surface area contributed by atoms with E-state index in [9.17, 15) is 13.2 Å². The van der Waals surface area contributed by atoms with Crippen molar-refractivity contribution < 1.29 is 13.2 Å². The molecule has 3 aromatic rings. The van der Waals surface area contributed by atoms with Gasteiger partial charge in [-0.1, -0.05) is 18.2 Å². The van der Waals surface area contributed by atoms with Crippen LogP contribution in [0.2, 0.25) is 0 Å². The van der Waals surface area contributed by atoms with Gasteiger partial charge in [-0.25, -0.2) is 17.4 Å². The summed E-state index contributed by atoms with van der Waals surface area (Å²) < 4.78 is 25.9. The lowest BCUT2D eigenvalue weighted by molar-refractivity contribution is 0.0726. The van der Waals surface area contributed by atoms with Gasteiger partial charge in [-0.05, 0) is 13.0 Å². The number of aryl methyl sites for hydroxylation is 1. The molecule has 130 valence electrons. The fourth-order valence-corrected chi connectivity index (χ4v) is 4.59. The van der Waals surface area contributed by atoms with Gasteiger partial charge in [0, 0.05) is 29.7 Å². The number of hydrogen-bond donors (Lipinski definition) is 1. The van der Waals surface area contributed by atoms with Crippen LogP contribution in [-0.2, 0) is 23.0 Å². The third-order valence-corrected chi connectivity index (χ3v) is 5.73. The number of nitrogens with one attached hydrogen (secondary N) is 1. The molecular weight excluding hydrogens is 340 g/mol. The predicted octanol–water partition coefficient (Wildman–Crippen LogP) is 1.68. The summed E-state index contributed by atoms with van der Waals surface area (Å²) in [5, 5.41) is 0.677. The molecule has 4 rings (SSSR count). The van der Waals surface area contributed by atoms with Crippen molar-refractivity contribution in [2.45, 2.75) is 19.9 Å². The maximum atomic E-state index is 13.1. The van der Waals surface area contributed by atoms with Crippen molar-refractivity contribution in [1.82, 2.24) is 18.8 Å². The molecule has 25 heavy (non-hydrogen) atoms. The normalized spacial score (nSPS) is 15.0. The maximum Gasteiger partial charge on any atom is 0.256 e. The van der Waals surface area contributed by atoms with Crippen LogP contribution < -0.4 is 0 Å². The van der Waals surface area contributed by atoms with E-state index >= 15 is 0 Å². The minimum Gasteiger partial charge on any atom is -0.348 e. The van der Waals surface area contributed by atoms with Crippen LogP contribution in [-0.4, -0.2) is 46.0 Å². The number of rotatable bonds is 3. The highest BCUT2D eigenvalue weighted by Gasteiger charge is 2.33. The molecule has 3 heterocycles. The number of para-hydroxylation sites is 1. The molecule has 1 aromatic carbocycles. The number of hydrogen-bond acceptors (Lipinski definition) is 4. The predicted molar refractivity (Wildman–Crippen MR) is 93.9 cm³/mol. The summed E-state index contributed by atoms with van der Waals surface area (Å²) in [4.78, 5) is 22.1. The molecule has 1 amide bonds. The van der Waals surface area contributed by atoms with Gasteiger partial charge >= 0.3 is 0 Å². The number of fused-ring (bicyclic) bond motifs is 3. The van der Waals surface area contributed by atoms with Crippen molar-refractivity contribution >= 4 is 26.8 Å². The first-order chi connectivity index (χ1) is 11.9. The lowest BCUT2D eigenvalue weighted by Gasteiger charge is -2.27. The van der Waals surface area contributed by atoms with Crippen LogP contribution in [0.5, 0.6) is 0 Å². The van der Waals surface area contributed by atoms with Gasteiger partial charge in [-0.3, -0.25) is 4.79 Å². The Labute approximate surface area is 145 Å². The Morgan fingerprint density at radius 2 is 2.04 bits per heavy atom. The molecule has 0 saturated carbocycles. The van der Waals surface area contributed by atoms with Crippen molar-refractivity contribution in [2.75, 3.05) is 12.8 Å². The summed E-state index contributed by atoms with van der Waals surface area (Å²) in [7, 11) is -3.50. The van der Waals surface area contributed by atoms with E-state index in [0.717, 1.165) is 11.4 Å². The Morgan fingerprint density at radius 3 is 2.72 bits per heavy atom. The van der Waals surface area contributed by atoms with Crippen LogP contribution >= 0.6 is 0 Å². The van der Waals surface area contributed by atoms with E-state index in [4.69, 9.17) is 0 Å². The zero-order valence-corrected chi connectivity index (χ0v) is 14.8. The average Bonchev–Trinajstić information content (AvgIpc) is 3.11. The fourth-order valence-electron chi connectivity index (χ4n) is 3.49. The number of carbonyl (C=O) groups excluding carboxylic acids is 1. The number of H-pyrrole nitrogens is 1. The first-order valence-electron chi connectivity index (χ1n) is 7.99. The van der Waals surface area contributed by atoms with Crippen LogP contribution in [0.3, 0.4) is 0 Å². The van der Waals surface area contributed by atoms with Gasteiger partial charge in [0.25, 0.3) is 5.91 Å². The topological polar surface area (TPSA) is 88.1 Å². The van der Waals surface area contributed by atoms with E-state index in [1.54, 1.807) is 29.4 Å². The van der Waals surface area contributed by atoms with E-state index in [0.29, 0.717) is 41.7 Å².